The van der Waals surface area contributed by atoms with Crippen LogP contribution in [0.1, 0.15) is 19.3 Å². The average Bonchev–Trinajstić information content (AvgIpc) is 2.90. The molecule has 1 unspecified atom stereocenters. The van der Waals surface area contributed by atoms with E-state index in [4.69, 9.17) is 16.3 Å². The molecule has 4 nitrogen and oxygen atoms in total. The third kappa shape index (κ3) is 3.68. The van der Waals surface area contributed by atoms with Crippen LogP contribution in [0, 0.1) is 0 Å². The Morgan fingerprint density at radius 3 is 2.94 bits per heavy atom. The van der Waals surface area contributed by atoms with Crippen molar-refractivity contribution < 1.29 is 13.2 Å². The third-order valence-corrected chi connectivity index (χ3v) is 7.08. The van der Waals surface area contributed by atoms with Gasteiger partial charge >= 0.3 is 0 Å². The fourth-order valence-corrected chi connectivity index (χ4v) is 5.25. The van der Waals surface area contributed by atoms with Gasteiger partial charge in [0.05, 0.1) is 14.9 Å². The lowest BCUT2D eigenvalue weighted by Crippen LogP contribution is -2.26. The van der Waals surface area contributed by atoms with Gasteiger partial charge in [-0.05, 0) is 41.3 Å². The molecule has 0 saturated carbocycles. The lowest BCUT2D eigenvalue weighted by atomic mass is 10.2. The molecule has 18 heavy (non-hydrogen) atoms. The lowest BCUT2D eigenvalue weighted by molar-refractivity contribution is 0.105. The number of thiophene rings is 1. The maximum absolute atomic E-state index is 12.0. The highest BCUT2D eigenvalue weighted by molar-refractivity contribution is 9.11. The summed E-state index contributed by atoms with van der Waals surface area (Å²) in [6.45, 7) is 1.17. The highest BCUT2D eigenvalue weighted by Crippen LogP contribution is 2.34. The number of hydrogen-bond donors (Lipinski definition) is 1. The molecule has 0 aromatic carbocycles. The molecular weight excluding hydrogens is 362 g/mol. The fraction of sp³-hybridized carbons (Fsp3) is 0.600. The van der Waals surface area contributed by atoms with Crippen LogP contribution in [0.25, 0.3) is 0 Å². The van der Waals surface area contributed by atoms with Gasteiger partial charge in [-0.1, -0.05) is 11.6 Å². The molecule has 0 amide bonds. The summed E-state index contributed by atoms with van der Waals surface area (Å²) in [5, 5.41) is 0.416. The van der Waals surface area contributed by atoms with Crippen molar-refractivity contribution in [3.63, 3.8) is 0 Å². The first-order chi connectivity index (χ1) is 8.49. The van der Waals surface area contributed by atoms with Crippen LogP contribution in [0.15, 0.2) is 14.1 Å². The molecule has 0 spiro atoms. The summed E-state index contributed by atoms with van der Waals surface area (Å²) in [5.74, 6) is 0. The Morgan fingerprint density at radius 2 is 2.39 bits per heavy atom. The van der Waals surface area contributed by atoms with E-state index < -0.39 is 10.0 Å². The van der Waals surface area contributed by atoms with Gasteiger partial charge in [-0.25, -0.2) is 13.1 Å². The fourth-order valence-electron chi connectivity index (χ4n) is 1.76. The zero-order valence-corrected chi connectivity index (χ0v) is 13.5. The van der Waals surface area contributed by atoms with E-state index in [0.29, 0.717) is 21.8 Å². The first kappa shape index (κ1) is 14.7. The van der Waals surface area contributed by atoms with Gasteiger partial charge in [-0.3, -0.25) is 0 Å². The number of sulfonamides is 1. The number of rotatable bonds is 5. The van der Waals surface area contributed by atoms with Crippen molar-refractivity contribution in [1.29, 1.82) is 0 Å². The summed E-state index contributed by atoms with van der Waals surface area (Å²) < 4.78 is 32.8. The summed E-state index contributed by atoms with van der Waals surface area (Å²) in [6.07, 6.45) is 2.97. The Labute approximate surface area is 124 Å². The number of hydrogen-bond acceptors (Lipinski definition) is 4. The van der Waals surface area contributed by atoms with Crippen molar-refractivity contribution in [2.45, 2.75) is 29.6 Å². The zero-order chi connectivity index (χ0) is 13.2. The van der Waals surface area contributed by atoms with Crippen LogP contribution in [0.5, 0.6) is 0 Å². The third-order valence-electron chi connectivity index (χ3n) is 2.67. The molecule has 102 valence electrons. The van der Waals surface area contributed by atoms with Crippen molar-refractivity contribution >= 4 is 48.9 Å². The summed E-state index contributed by atoms with van der Waals surface area (Å²) >= 11 is 10.1. The van der Waals surface area contributed by atoms with Crippen LogP contribution in [-0.4, -0.2) is 27.7 Å². The van der Waals surface area contributed by atoms with E-state index in [-0.39, 0.29) is 10.3 Å². The van der Waals surface area contributed by atoms with Crippen LogP contribution in [-0.2, 0) is 14.8 Å². The molecule has 1 aliphatic rings. The van der Waals surface area contributed by atoms with Crippen LogP contribution in [0.2, 0.25) is 5.02 Å². The minimum atomic E-state index is -3.46. The van der Waals surface area contributed by atoms with E-state index in [9.17, 15) is 8.42 Å². The molecule has 2 heterocycles. The Balaban J connectivity index is 1.90. The van der Waals surface area contributed by atoms with Crippen LogP contribution >= 0.6 is 38.9 Å². The molecule has 1 saturated heterocycles. The monoisotopic (exact) mass is 373 g/mol. The van der Waals surface area contributed by atoms with Crippen molar-refractivity contribution in [2.75, 3.05) is 13.2 Å². The van der Waals surface area contributed by atoms with E-state index in [1.807, 2.05) is 0 Å². The van der Waals surface area contributed by atoms with E-state index in [1.54, 1.807) is 0 Å². The van der Waals surface area contributed by atoms with Gasteiger partial charge in [-0.2, -0.15) is 0 Å². The summed E-state index contributed by atoms with van der Waals surface area (Å²) in [6, 6.07) is 1.45. The quantitative estimate of drug-likeness (QED) is 0.862. The molecule has 1 atom stereocenters. The van der Waals surface area contributed by atoms with Crippen molar-refractivity contribution in [3.05, 3.63) is 14.9 Å². The highest BCUT2D eigenvalue weighted by atomic mass is 79.9. The minimum absolute atomic E-state index is 0.186. The van der Waals surface area contributed by atoms with Crippen molar-refractivity contribution in [1.82, 2.24) is 4.72 Å². The smallest absolute Gasteiger partial charge is 0.250 e. The van der Waals surface area contributed by atoms with Crippen LogP contribution < -0.4 is 4.72 Å². The number of ether oxygens (including phenoxy) is 1. The molecule has 2 rings (SSSR count). The molecule has 1 aliphatic heterocycles. The molecule has 1 aromatic heterocycles. The maximum atomic E-state index is 12.0. The predicted octanol–water partition coefficient (Wildman–Crippen LogP) is 3.01. The zero-order valence-electron chi connectivity index (χ0n) is 9.49. The second-order valence-corrected chi connectivity index (χ2v) is 8.78. The van der Waals surface area contributed by atoms with Gasteiger partial charge in [0, 0.05) is 13.2 Å². The van der Waals surface area contributed by atoms with Gasteiger partial charge in [0.2, 0.25) is 10.0 Å². The largest absolute Gasteiger partial charge is 0.378 e. The van der Waals surface area contributed by atoms with Gasteiger partial charge in [0.25, 0.3) is 0 Å². The molecule has 1 N–H and O–H groups in total. The standard InChI is InChI=1S/C10H13BrClNO3S2/c11-10-8(12)6-9(17-10)18(14,15)13-4-3-7-2-1-5-16-7/h6-7,13H,1-5H2. The second-order valence-electron chi connectivity index (χ2n) is 4.01. The summed E-state index contributed by atoms with van der Waals surface area (Å²) in [4.78, 5) is 0. The molecule has 0 bridgehead atoms. The van der Waals surface area contributed by atoms with Crippen LogP contribution in [0.3, 0.4) is 0 Å². The molecule has 1 fully saturated rings. The Morgan fingerprint density at radius 1 is 1.61 bits per heavy atom. The van der Waals surface area contributed by atoms with E-state index in [0.717, 1.165) is 30.8 Å². The normalized spacial score (nSPS) is 20.4. The Hall–Kier alpha value is 0.340. The Bertz CT molecular complexity index is 492. The molecule has 1 aromatic rings. The van der Waals surface area contributed by atoms with E-state index in [2.05, 4.69) is 20.7 Å². The highest BCUT2D eigenvalue weighted by Gasteiger charge is 2.20. The van der Waals surface area contributed by atoms with Gasteiger partial charge in [-0.15, -0.1) is 11.3 Å². The first-order valence-corrected chi connectivity index (χ1v) is 9.02. The molecule has 8 heteroatoms. The van der Waals surface area contributed by atoms with E-state index >= 15 is 0 Å². The minimum Gasteiger partial charge on any atom is -0.378 e. The number of nitrogens with one attached hydrogen (secondary N) is 1. The van der Waals surface area contributed by atoms with Crippen molar-refractivity contribution in [2.24, 2.45) is 0 Å². The SMILES string of the molecule is O=S(=O)(NCCC1CCCO1)c1cc(Cl)c(Br)s1. The van der Waals surface area contributed by atoms with E-state index in [1.165, 1.54) is 6.07 Å². The molecule has 0 aliphatic carbocycles. The maximum Gasteiger partial charge on any atom is 0.250 e. The lowest BCUT2D eigenvalue weighted by Gasteiger charge is -2.09. The molecule has 0 radical (unpaired) electrons. The van der Waals surface area contributed by atoms with Gasteiger partial charge in [0.1, 0.15) is 4.21 Å². The summed E-state index contributed by atoms with van der Waals surface area (Å²) in [7, 11) is -3.46. The topological polar surface area (TPSA) is 55.4 Å². The van der Waals surface area contributed by atoms with Gasteiger partial charge in [0.15, 0.2) is 0 Å². The summed E-state index contributed by atoms with van der Waals surface area (Å²) in [5.41, 5.74) is 0. The predicted molar refractivity (Wildman–Crippen MR) is 75.8 cm³/mol. The van der Waals surface area contributed by atoms with Gasteiger partial charge < -0.3 is 4.74 Å². The second kappa shape index (κ2) is 6.19. The average molecular weight is 375 g/mol. The number of halogens is 2. The first-order valence-electron chi connectivity index (χ1n) is 5.55. The molecular formula is C10H13BrClNO3S2. The van der Waals surface area contributed by atoms with Crippen molar-refractivity contribution in [3.8, 4) is 0 Å². The Kier molecular flexibility index (Phi) is 5.07. The van der Waals surface area contributed by atoms with Crippen LogP contribution in [0.4, 0.5) is 0 Å².